The lowest BCUT2D eigenvalue weighted by molar-refractivity contribution is 0.406. The average Bonchev–Trinajstić information content (AvgIpc) is 2.79. The van der Waals surface area contributed by atoms with E-state index in [1.807, 2.05) is 0 Å². The van der Waals surface area contributed by atoms with Gasteiger partial charge in [-0.1, -0.05) is 31.0 Å². The van der Waals surface area contributed by atoms with Crippen molar-refractivity contribution in [3.8, 4) is 0 Å². The lowest BCUT2D eigenvalue weighted by Crippen LogP contribution is -2.40. The average molecular weight is 246 g/mol. The minimum absolute atomic E-state index is 0.107. The Labute approximate surface area is 111 Å². The molecular formula is C16H26N2. The zero-order valence-electron chi connectivity index (χ0n) is 11.8. The predicted octanol–water partition coefficient (Wildman–Crippen LogP) is 3.48. The SMILES string of the molecule is CCN(CCC1(N)CCCC1)c1ccccc1C. The van der Waals surface area contributed by atoms with Crippen molar-refractivity contribution >= 4 is 5.69 Å². The maximum absolute atomic E-state index is 6.45. The normalized spacial score (nSPS) is 17.9. The van der Waals surface area contributed by atoms with E-state index in [1.54, 1.807) is 0 Å². The van der Waals surface area contributed by atoms with Gasteiger partial charge in [0.1, 0.15) is 0 Å². The Hall–Kier alpha value is -1.02. The van der Waals surface area contributed by atoms with E-state index in [0.29, 0.717) is 0 Å². The first-order chi connectivity index (χ1) is 8.64. The molecule has 0 atom stereocenters. The molecule has 2 N–H and O–H groups in total. The highest BCUT2D eigenvalue weighted by Gasteiger charge is 2.29. The lowest BCUT2D eigenvalue weighted by atomic mass is 9.94. The molecule has 0 unspecified atom stereocenters. The molecule has 0 heterocycles. The van der Waals surface area contributed by atoms with Crippen LogP contribution in [0.15, 0.2) is 24.3 Å². The summed E-state index contributed by atoms with van der Waals surface area (Å²) < 4.78 is 0. The van der Waals surface area contributed by atoms with Crippen molar-refractivity contribution in [2.75, 3.05) is 18.0 Å². The fourth-order valence-corrected chi connectivity index (χ4v) is 3.05. The molecule has 1 fully saturated rings. The molecule has 18 heavy (non-hydrogen) atoms. The van der Waals surface area contributed by atoms with Crippen LogP contribution in [0.2, 0.25) is 0 Å². The topological polar surface area (TPSA) is 29.3 Å². The summed E-state index contributed by atoms with van der Waals surface area (Å²) in [7, 11) is 0. The first-order valence-corrected chi connectivity index (χ1v) is 7.24. The number of hydrogen-bond donors (Lipinski definition) is 1. The fourth-order valence-electron chi connectivity index (χ4n) is 3.05. The third-order valence-corrected chi connectivity index (χ3v) is 4.32. The summed E-state index contributed by atoms with van der Waals surface area (Å²) >= 11 is 0. The van der Waals surface area contributed by atoms with Crippen LogP contribution in [-0.4, -0.2) is 18.6 Å². The van der Waals surface area contributed by atoms with Crippen molar-refractivity contribution in [2.24, 2.45) is 5.73 Å². The number of nitrogens with two attached hydrogens (primary N) is 1. The van der Waals surface area contributed by atoms with Gasteiger partial charge in [-0.3, -0.25) is 0 Å². The number of rotatable bonds is 5. The minimum atomic E-state index is 0.107. The van der Waals surface area contributed by atoms with Crippen LogP contribution < -0.4 is 10.6 Å². The van der Waals surface area contributed by atoms with Crippen LogP contribution >= 0.6 is 0 Å². The highest BCUT2D eigenvalue weighted by molar-refractivity contribution is 5.52. The number of aryl methyl sites for hydroxylation is 1. The van der Waals surface area contributed by atoms with E-state index < -0.39 is 0 Å². The quantitative estimate of drug-likeness (QED) is 0.862. The molecule has 1 aromatic rings. The second-order valence-electron chi connectivity index (χ2n) is 5.69. The van der Waals surface area contributed by atoms with Crippen LogP contribution in [0.5, 0.6) is 0 Å². The number of anilines is 1. The van der Waals surface area contributed by atoms with E-state index in [1.165, 1.54) is 36.9 Å². The Morgan fingerprint density at radius 1 is 1.22 bits per heavy atom. The molecule has 0 aromatic heterocycles. The third-order valence-electron chi connectivity index (χ3n) is 4.32. The van der Waals surface area contributed by atoms with E-state index in [4.69, 9.17) is 5.73 Å². The monoisotopic (exact) mass is 246 g/mol. The van der Waals surface area contributed by atoms with Gasteiger partial charge in [0.2, 0.25) is 0 Å². The number of benzene rings is 1. The summed E-state index contributed by atoms with van der Waals surface area (Å²) in [6, 6.07) is 8.63. The zero-order valence-corrected chi connectivity index (χ0v) is 11.8. The molecule has 1 aliphatic carbocycles. The minimum Gasteiger partial charge on any atom is -0.372 e. The molecule has 0 amide bonds. The molecule has 1 aromatic carbocycles. The van der Waals surface area contributed by atoms with Crippen LogP contribution in [0.3, 0.4) is 0 Å². The first kappa shape index (κ1) is 13.4. The molecule has 2 nitrogen and oxygen atoms in total. The molecular weight excluding hydrogens is 220 g/mol. The Balaban J connectivity index is 1.99. The van der Waals surface area contributed by atoms with E-state index in [0.717, 1.165) is 19.5 Å². The van der Waals surface area contributed by atoms with E-state index in [-0.39, 0.29) is 5.54 Å². The Kier molecular flexibility index (Phi) is 4.28. The summed E-state index contributed by atoms with van der Waals surface area (Å²) in [5.41, 5.74) is 9.28. The van der Waals surface area contributed by atoms with Gasteiger partial charge in [0, 0.05) is 24.3 Å². The summed E-state index contributed by atoms with van der Waals surface area (Å²) in [6.45, 7) is 6.55. The molecule has 0 saturated heterocycles. The van der Waals surface area contributed by atoms with Crippen LogP contribution in [0.25, 0.3) is 0 Å². The van der Waals surface area contributed by atoms with Gasteiger partial charge in [0.25, 0.3) is 0 Å². The number of nitrogens with zero attached hydrogens (tertiary/aromatic N) is 1. The van der Waals surface area contributed by atoms with Crippen molar-refractivity contribution in [1.82, 2.24) is 0 Å². The van der Waals surface area contributed by atoms with Gasteiger partial charge >= 0.3 is 0 Å². The van der Waals surface area contributed by atoms with Crippen LogP contribution in [0, 0.1) is 6.92 Å². The van der Waals surface area contributed by atoms with E-state index in [9.17, 15) is 0 Å². The summed E-state index contributed by atoms with van der Waals surface area (Å²) in [5, 5.41) is 0. The predicted molar refractivity (Wildman–Crippen MR) is 79.1 cm³/mol. The molecule has 100 valence electrons. The standard InChI is InChI=1S/C16H26N2/c1-3-18(15-9-5-4-8-14(15)2)13-12-16(17)10-6-7-11-16/h4-5,8-9H,3,6-7,10-13,17H2,1-2H3. The Morgan fingerprint density at radius 3 is 2.50 bits per heavy atom. The lowest BCUT2D eigenvalue weighted by Gasteiger charge is -2.30. The summed E-state index contributed by atoms with van der Waals surface area (Å²) in [4.78, 5) is 2.46. The van der Waals surface area contributed by atoms with Gasteiger partial charge in [0.05, 0.1) is 0 Å². The Bertz CT molecular complexity index is 380. The van der Waals surface area contributed by atoms with Crippen LogP contribution in [-0.2, 0) is 0 Å². The molecule has 1 saturated carbocycles. The second kappa shape index (κ2) is 5.75. The molecule has 1 aliphatic rings. The number of para-hydroxylation sites is 1. The van der Waals surface area contributed by atoms with Gasteiger partial charge in [0.15, 0.2) is 0 Å². The molecule has 0 aliphatic heterocycles. The first-order valence-electron chi connectivity index (χ1n) is 7.24. The molecule has 0 spiro atoms. The third kappa shape index (κ3) is 3.05. The molecule has 0 bridgehead atoms. The maximum atomic E-state index is 6.45. The highest BCUT2D eigenvalue weighted by atomic mass is 15.1. The maximum Gasteiger partial charge on any atom is 0.0395 e. The van der Waals surface area contributed by atoms with E-state index >= 15 is 0 Å². The van der Waals surface area contributed by atoms with Gasteiger partial charge in [-0.05, 0) is 44.7 Å². The largest absolute Gasteiger partial charge is 0.372 e. The van der Waals surface area contributed by atoms with Crippen molar-refractivity contribution in [2.45, 2.75) is 51.5 Å². The van der Waals surface area contributed by atoms with Crippen molar-refractivity contribution in [3.05, 3.63) is 29.8 Å². The van der Waals surface area contributed by atoms with Crippen molar-refractivity contribution in [3.63, 3.8) is 0 Å². The van der Waals surface area contributed by atoms with Crippen molar-refractivity contribution < 1.29 is 0 Å². The summed E-state index contributed by atoms with van der Waals surface area (Å²) in [5.74, 6) is 0. The number of hydrogen-bond acceptors (Lipinski definition) is 2. The Morgan fingerprint density at radius 2 is 1.89 bits per heavy atom. The fraction of sp³-hybridized carbons (Fsp3) is 0.625. The zero-order chi connectivity index (χ0) is 13.0. The van der Waals surface area contributed by atoms with Gasteiger partial charge < -0.3 is 10.6 Å². The van der Waals surface area contributed by atoms with Crippen LogP contribution in [0.4, 0.5) is 5.69 Å². The van der Waals surface area contributed by atoms with Crippen LogP contribution in [0.1, 0.15) is 44.6 Å². The van der Waals surface area contributed by atoms with Gasteiger partial charge in [-0.2, -0.15) is 0 Å². The van der Waals surface area contributed by atoms with Gasteiger partial charge in [-0.25, -0.2) is 0 Å². The molecule has 0 radical (unpaired) electrons. The second-order valence-corrected chi connectivity index (χ2v) is 5.69. The summed E-state index contributed by atoms with van der Waals surface area (Å²) in [6.07, 6.45) is 6.16. The molecule has 2 heteroatoms. The van der Waals surface area contributed by atoms with Gasteiger partial charge in [-0.15, -0.1) is 0 Å². The highest BCUT2D eigenvalue weighted by Crippen LogP contribution is 2.31. The smallest absolute Gasteiger partial charge is 0.0395 e. The molecule has 2 rings (SSSR count). The van der Waals surface area contributed by atoms with E-state index in [2.05, 4.69) is 43.0 Å². The van der Waals surface area contributed by atoms with Crippen molar-refractivity contribution in [1.29, 1.82) is 0 Å².